The van der Waals surface area contributed by atoms with Crippen LogP contribution in [0.3, 0.4) is 0 Å². The van der Waals surface area contributed by atoms with Crippen LogP contribution in [-0.4, -0.2) is 17.7 Å². The first-order chi connectivity index (χ1) is 11.6. The summed E-state index contributed by atoms with van der Waals surface area (Å²) in [6.45, 7) is 11.9. The third-order valence-corrected chi connectivity index (χ3v) is 4.24. The molecule has 1 atom stereocenters. The molecule has 2 N–H and O–H groups in total. The van der Waals surface area contributed by atoms with Gasteiger partial charge in [0, 0.05) is 17.3 Å². The molecule has 0 aromatic rings. The van der Waals surface area contributed by atoms with Crippen molar-refractivity contribution in [1.29, 1.82) is 0 Å². The molecule has 0 heterocycles. The zero-order chi connectivity index (χ0) is 19.9. The molecule has 26 heavy (non-hydrogen) atoms. The minimum atomic E-state index is -1.17. The number of hydrogen-bond donors (Lipinski definition) is 1. The predicted molar refractivity (Wildman–Crippen MR) is 99.5 cm³/mol. The molecule has 144 valence electrons. The van der Waals surface area contributed by atoms with Crippen molar-refractivity contribution in [3.8, 4) is 0 Å². The zero-order valence-corrected chi connectivity index (χ0v) is 19.0. The number of carboxylic acid groups (broad SMARTS) is 1. The number of carboxylic acids is 1. The monoisotopic (exact) mass is 375 g/mol. The Balaban J connectivity index is -0.000000772. The number of unbranched alkanes of at least 4 members (excludes halogenated alkanes) is 6. The maximum atomic E-state index is 11.9. The van der Waals surface area contributed by atoms with E-state index >= 15 is 0 Å². The van der Waals surface area contributed by atoms with Crippen LogP contribution < -0.4 is 40.4 Å². The van der Waals surface area contributed by atoms with E-state index in [0.29, 0.717) is 6.42 Å². The summed E-state index contributed by atoms with van der Waals surface area (Å²) in [4.78, 5) is 32.5. The van der Waals surface area contributed by atoms with Gasteiger partial charge in [-0.05, 0) is 18.6 Å². The number of aliphatic carboxylic acids is 1. The Morgan fingerprint density at radius 1 is 1.00 bits per heavy atom. The van der Waals surface area contributed by atoms with Crippen LogP contribution in [0.1, 0.15) is 72.1 Å². The molecule has 0 aromatic heterocycles. The van der Waals surface area contributed by atoms with E-state index < -0.39 is 23.2 Å². The van der Waals surface area contributed by atoms with Crippen LogP contribution in [0.15, 0.2) is 25.3 Å². The van der Waals surface area contributed by atoms with Gasteiger partial charge >= 0.3 is 29.6 Å². The Kier molecular flexibility index (Phi) is 20.1. The minimum absolute atomic E-state index is 0. The van der Waals surface area contributed by atoms with E-state index in [1.807, 2.05) is 0 Å². The summed E-state index contributed by atoms with van der Waals surface area (Å²) in [5, 5.41) is 11.2. The third kappa shape index (κ3) is 14.3. The summed E-state index contributed by atoms with van der Waals surface area (Å²) in [6.07, 6.45) is 11.0. The number of rotatable bonds is 13. The van der Waals surface area contributed by atoms with Crippen molar-refractivity contribution in [2.45, 2.75) is 72.1 Å². The zero-order valence-electron chi connectivity index (χ0n) is 17.0. The largest absolute Gasteiger partial charge is 1.00 e. The number of carbonyl (C=O) groups excluding carboxylic acids is 3. The maximum absolute atomic E-state index is 11.9. The van der Waals surface area contributed by atoms with Gasteiger partial charge in [0.05, 0.1) is 0 Å². The fraction of sp³-hybridized carbons (Fsp3) is 0.650. The molecule has 0 aromatic carbocycles. The van der Waals surface area contributed by atoms with Crippen molar-refractivity contribution in [2.75, 3.05) is 0 Å². The second-order valence-corrected chi connectivity index (χ2v) is 6.68. The van der Waals surface area contributed by atoms with E-state index in [4.69, 9.17) is 0 Å². The molecule has 5 nitrogen and oxygen atoms in total. The Hall–Kier alpha value is -0.910. The van der Waals surface area contributed by atoms with Crippen LogP contribution in [0.2, 0.25) is 0 Å². The summed E-state index contributed by atoms with van der Waals surface area (Å²) in [5.74, 6) is -2.36. The predicted octanol–water partition coefficient (Wildman–Crippen LogP) is -0.0638. The Morgan fingerprint density at radius 3 is 1.77 bits per heavy atom. The number of ketones is 1. The fourth-order valence-corrected chi connectivity index (χ4v) is 2.45. The number of carbonyl (C=O) groups is 3. The topological polar surface area (TPSA) is 100 Å². The van der Waals surface area contributed by atoms with Crippen molar-refractivity contribution in [3.63, 3.8) is 0 Å². The van der Waals surface area contributed by atoms with Gasteiger partial charge in [-0.25, -0.2) is 0 Å². The van der Waals surface area contributed by atoms with Gasteiger partial charge in [-0.15, -0.1) is 0 Å². The normalized spacial score (nSPS) is 11.2. The molecule has 0 saturated heterocycles. The maximum Gasteiger partial charge on any atom is 1.00 e. The quantitative estimate of drug-likeness (QED) is 0.277. The average molecular weight is 375 g/mol. The molecule has 1 unspecified atom stereocenters. The first kappa shape index (κ1) is 29.8. The smallest absolute Gasteiger partial charge is 0.550 e. The third-order valence-electron chi connectivity index (χ3n) is 4.24. The van der Waals surface area contributed by atoms with Crippen LogP contribution in [-0.2, 0) is 14.4 Å². The van der Waals surface area contributed by atoms with Crippen molar-refractivity contribution < 1.29 is 49.0 Å². The molecular weight excluding hydrogens is 341 g/mol. The van der Waals surface area contributed by atoms with E-state index in [1.54, 1.807) is 13.8 Å². The van der Waals surface area contributed by atoms with Gasteiger partial charge in [-0.2, -0.15) is 0 Å². The Bertz CT molecular complexity index is 447. The van der Waals surface area contributed by atoms with Gasteiger partial charge < -0.3 is 15.6 Å². The van der Waals surface area contributed by atoms with E-state index in [1.165, 1.54) is 31.8 Å². The van der Waals surface area contributed by atoms with Crippen LogP contribution in [0.25, 0.3) is 0 Å². The second kappa shape index (κ2) is 17.5. The summed E-state index contributed by atoms with van der Waals surface area (Å²) in [6, 6.07) is 0. The van der Waals surface area contributed by atoms with Crippen molar-refractivity contribution >= 4 is 17.7 Å². The van der Waals surface area contributed by atoms with Crippen LogP contribution in [0, 0.1) is 11.3 Å². The summed E-state index contributed by atoms with van der Waals surface area (Å²) in [5.41, 5.74) is 3.40. The molecule has 0 aliphatic carbocycles. The summed E-state index contributed by atoms with van der Waals surface area (Å²) >= 11 is 0. The Morgan fingerprint density at radius 2 is 1.42 bits per heavy atom. The van der Waals surface area contributed by atoms with Crippen LogP contribution in [0.4, 0.5) is 0 Å². The van der Waals surface area contributed by atoms with E-state index in [0.717, 1.165) is 25.3 Å². The summed E-state index contributed by atoms with van der Waals surface area (Å²) in [7, 11) is 0. The first-order valence-corrected chi connectivity index (χ1v) is 8.94. The first-order valence-electron chi connectivity index (χ1n) is 8.94. The van der Waals surface area contributed by atoms with Gasteiger partial charge in [0.2, 0.25) is 5.91 Å². The number of nitrogens with two attached hydrogens (primary N) is 1. The molecule has 0 aliphatic heterocycles. The van der Waals surface area contributed by atoms with Gasteiger partial charge in [0.15, 0.2) is 5.78 Å². The van der Waals surface area contributed by atoms with E-state index in [9.17, 15) is 19.5 Å². The van der Waals surface area contributed by atoms with Crippen molar-refractivity contribution in [3.05, 3.63) is 25.3 Å². The molecule has 0 saturated carbocycles. The van der Waals surface area contributed by atoms with Gasteiger partial charge in [-0.1, -0.05) is 78.9 Å². The fourth-order valence-electron chi connectivity index (χ4n) is 2.45. The molecule has 0 rings (SSSR count). The van der Waals surface area contributed by atoms with Gasteiger partial charge in [0.25, 0.3) is 0 Å². The molecular formula is C20H34NNaO4. The van der Waals surface area contributed by atoms with Crippen LogP contribution >= 0.6 is 0 Å². The van der Waals surface area contributed by atoms with Gasteiger partial charge in [0.1, 0.15) is 0 Å². The van der Waals surface area contributed by atoms with E-state index in [2.05, 4.69) is 25.8 Å². The molecule has 0 fully saturated rings. The Labute approximate surface area is 180 Å². The van der Waals surface area contributed by atoms with Crippen molar-refractivity contribution in [2.24, 2.45) is 17.1 Å². The number of primary amides is 1. The molecule has 0 aliphatic rings. The standard InChI is InChI=1S/C17H30O3.C3H5NO.Na/c1-5-7-8-9-10-11-12-13-14(15(18)6-2)17(3,4)16(19)20;1-2-3(4)5;/h6,14H,2,5,7-13H2,1,3-4H3,(H,19,20);2H,1H2,(H2,4,5);/q;;+1/p-1. The second-order valence-electron chi connectivity index (χ2n) is 6.68. The van der Waals surface area contributed by atoms with Crippen molar-refractivity contribution in [1.82, 2.24) is 0 Å². The van der Waals surface area contributed by atoms with E-state index in [-0.39, 0.29) is 35.3 Å². The average Bonchev–Trinajstić information content (AvgIpc) is 2.56. The number of allylic oxidation sites excluding steroid dienone is 1. The minimum Gasteiger partial charge on any atom is -0.550 e. The molecule has 6 heteroatoms. The number of hydrogen-bond acceptors (Lipinski definition) is 4. The van der Waals surface area contributed by atoms with Gasteiger partial charge in [-0.3, -0.25) is 9.59 Å². The SMILES string of the molecule is C=CC(=O)C(CCCCCCCCC)C(C)(C)C(=O)[O-].C=CC(N)=O.[Na+]. The number of amides is 1. The molecule has 1 amide bonds. The summed E-state index contributed by atoms with van der Waals surface area (Å²) < 4.78 is 0. The molecule has 0 radical (unpaired) electrons. The van der Waals surface area contributed by atoms with Crippen LogP contribution in [0.5, 0.6) is 0 Å². The molecule has 0 spiro atoms. The molecule has 0 bridgehead atoms.